The van der Waals surface area contributed by atoms with Gasteiger partial charge >= 0.3 is 17.9 Å². The van der Waals surface area contributed by atoms with E-state index in [0.29, 0.717) is 19.3 Å². The van der Waals surface area contributed by atoms with Crippen molar-refractivity contribution < 1.29 is 28.6 Å². The predicted molar refractivity (Wildman–Crippen MR) is 297 cm³/mol. The Morgan fingerprint density at radius 3 is 0.971 bits per heavy atom. The standard InChI is InChI=1S/C63H102O6/c1-4-7-10-13-16-19-22-25-28-30-31-33-36-38-41-44-47-50-53-56-62(65)68-59-60(69-63(66)57-54-51-48-45-42-39-34-27-24-21-18-15-12-9-6-3)58-67-61(64)55-52-49-46-43-40-37-35-32-29-26-23-20-17-14-11-8-5-2/h9,12,16-21,25-29,34-35,37,42-43,45-46,60H,4-8,10-11,13-15,22-24,30-33,36,38-41,44,47-59H2,1-3H3/b12-9-,19-16-,20-17-,21-18-,28-25-,29-26-,34-27-,37-35-,45-42-,46-43-/t60-/m0/s1. The first-order valence-electron chi connectivity index (χ1n) is 28.0. The first-order valence-corrected chi connectivity index (χ1v) is 28.0. The Kier molecular flexibility index (Phi) is 53.0. The zero-order valence-corrected chi connectivity index (χ0v) is 44.5. The molecule has 6 nitrogen and oxygen atoms in total. The van der Waals surface area contributed by atoms with Crippen LogP contribution in [0.5, 0.6) is 0 Å². The van der Waals surface area contributed by atoms with Crippen LogP contribution in [0.4, 0.5) is 0 Å². The van der Waals surface area contributed by atoms with Crippen molar-refractivity contribution in [3.05, 3.63) is 122 Å². The number of carbonyl (C=O) groups excluding carboxylic acids is 3. The van der Waals surface area contributed by atoms with E-state index in [1.54, 1.807) is 0 Å². The predicted octanol–water partition coefficient (Wildman–Crippen LogP) is 18.9. The highest BCUT2D eigenvalue weighted by Gasteiger charge is 2.19. The second kappa shape index (κ2) is 56.4. The van der Waals surface area contributed by atoms with Gasteiger partial charge in [-0.2, -0.15) is 0 Å². The number of hydrogen-bond donors (Lipinski definition) is 0. The molecule has 0 amide bonds. The molecule has 0 aromatic heterocycles. The number of allylic oxidation sites excluding steroid dienone is 20. The number of rotatable bonds is 49. The molecule has 0 radical (unpaired) electrons. The highest BCUT2D eigenvalue weighted by molar-refractivity contribution is 5.71. The van der Waals surface area contributed by atoms with Gasteiger partial charge in [-0.3, -0.25) is 14.4 Å². The van der Waals surface area contributed by atoms with E-state index in [4.69, 9.17) is 14.2 Å². The molecule has 390 valence electrons. The second-order valence-electron chi connectivity index (χ2n) is 18.1. The number of hydrogen-bond acceptors (Lipinski definition) is 6. The second-order valence-corrected chi connectivity index (χ2v) is 18.1. The average molecular weight is 956 g/mol. The maximum absolute atomic E-state index is 12.8. The molecular formula is C63H102O6. The third-order valence-electron chi connectivity index (χ3n) is 11.4. The van der Waals surface area contributed by atoms with Gasteiger partial charge in [0.05, 0.1) is 0 Å². The molecule has 0 unspecified atom stereocenters. The summed E-state index contributed by atoms with van der Waals surface area (Å²) >= 11 is 0. The van der Waals surface area contributed by atoms with E-state index in [0.717, 1.165) is 89.9 Å². The van der Waals surface area contributed by atoms with Gasteiger partial charge in [-0.1, -0.05) is 213 Å². The molecular weight excluding hydrogens is 853 g/mol. The average Bonchev–Trinajstić information content (AvgIpc) is 3.35. The van der Waals surface area contributed by atoms with Gasteiger partial charge in [0.15, 0.2) is 6.10 Å². The molecule has 69 heavy (non-hydrogen) atoms. The quantitative estimate of drug-likeness (QED) is 0.0262. The Bertz CT molecular complexity index is 1470. The van der Waals surface area contributed by atoms with Crippen LogP contribution in [0, 0.1) is 0 Å². The van der Waals surface area contributed by atoms with Gasteiger partial charge in [-0.15, -0.1) is 0 Å². The minimum absolute atomic E-state index is 0.117. The summed E-state index contributed by atoms with van der Waals surface area (Å²) in [5.74, 6) is -1.03. The maximum atomic E-state index is 12.8. The van der Waals surface area contributed by atoms with E-state index in [1.807, 2.05) is 0 Å². The zero-order chi connectivity index (χ0) is 50.0. The van der Waals surface area contributed by atoms with Gasteiger partial charge in [-0.05, 0) is 128 Å². The van der Waals surface area contributed by atoms with Gasteiger partial charge in [0.2, 0.25) is 0 Å². The van der Waals surface area contributed by atoms with Crippen molar-refractivity contribution >= 4 is 17.9 Å². The van der Waals surface area contributed by atoms with E-state index in [1.165, 1.54) is 96.3 Å². The summed E-state index contributed by atoms with van der Waals surface area (Å²) in [5, 5.41) is 0. The van der Waals surface area contributed by atoms with Crippen molar-refractivity contribution in [1.29, 1.82) is 0 Å². The normalized spacial score (nSPS) is 13.0. The van der Waals surface area contributed by atoms with Crippen LogP contribution in [-0.2, 0) is 28.6 Å². The lowest BCUT2D eigenvalue weighted by molar-refractivity contribution is -0.167. The van der Waals surface area contributed by atoms with Gasteiger partial charge in [0.25, 0.3) is 0 Å². The fraction of sp³-hybridized carbons (Fsp3) is 0.635. The lowest BCUT2D eigenvalue weighted by Gasteiger charge is -2.18. The highest BCUT2D eigenvalue weighted by Crippen LogP contribution is 2.13. The smallest absolute Gasteiger partial charge is 0.306 e. The van der Waals surface area contributed by atoms with Crippen LogP contribution in [0.25, 0.3) is 0 Å². The van der Waals surface area contributed by atoms with Crippen molar-refractivity contribution in [2.75, 3.05) is 13.2 Å². The van der Waals surface area contributed by atoms with Gasteiger partial charge < -0.3 is 14.2 Å². The Hall–Kier alpha value is -4.19. The van der Waals surface area contributed by atoms with Crippen molar-refractivity contribution in [3.8, 4) is 0 Å². The Morgan fingerprint density at radius 1 is 0.304 bits per heavy atom. The fourth-order valence-electron chi connectivity index (χ4n) is 7.22. The lowest BCUT2D eigenvalue weighted by Crippen LogP contribution is -2.30. The number of ether oxygens (including phenoxy) is 3. The first kappa shape index (κ1) is 64.8. The molecule has 0 rings (SSSR count). The number of unbranched alkanes of at least 4 members (excludes halogenated alkanes) is 18. The van der Waals surface area contributed by atoms with Gasteiger partial charge in [-0.25, -0.2) is 0 Å². The maximum Gasteiger partial charge on any atom is 0.306 e. The van der Waals surface area contributed by atoms with Crippen LogP contribution in [-0.4, -0.2) is 37.2 Å². The first-order chi connectivity index (χ1) is 34.0. The highest BCUT2D eigenvalue weighted by atomic mass is 16.6. The molecule has 1 atom stereocenters. The van der Waals surface area contributed by atoms with Crippen molar-refractivity contribution in [3.63, 3.8) is 0 Å². The monoisotopic (exact) mass is 955 g/mol. The molecule has 0 bridgehead atoms. The lowest BCUT2D eigenvalue weighted by atomic mass is 10.1. The summed E-state index contributed by atoms with van der Waals surface area (Å²) in [7, 11) is 0. The van der Waals surface area contributed by atoms with Crippen LogP contribution in [0.1, 0.15) is 239 Å². The summed E-state index contributed by atoms with van der Waals surface area (Å²) in [6.45, 7) is 6.38. The summed E-state index contributed by atoms with van der Waals surface area (Å²) < 4.78 is 16.8. The summed E-state index contributed by atoms with van der Waals surface area (Å²) in [4.78, 5) is 38.1. The van der Waals surface area contributed by atoms with E-state index < -0.39 is 6.10 Å². The summed E-state index contributed by atoms with van der Waals surface area (Å²) in [6, 6.07) is 0. The summed E-state index contributed by atoms with van der Waals surface area (Å²) in [6.07, 6.45) is 77.6. The molecule has 0 saturated heterocycles. The molecule has 0 aromatic rings. The Balaban J connectivity index is 4.53. The largest absolute Gasteiger partial charge is 0.462 e. The van der Waals surface area contributed by atoms with Crippen LogP contribution < -0.4 is 0 Å². The van der Waals surface area contributed by atoms with Crippen molar-refractivity contribution in [1.82, 2.24) is 0 Å². The van der Waals surface area contributed by atoms with E-state index in [9.17, 15) is 14.4 Å². The Morgan fingerprint density at radius 2 is 0.580 bits per heavy atom. The molecule has 0 aliphatic heterocycles. The van der Waals surface area contributed by atoms with E-state index in [2.05, 4.69) is 142 Å². The molecule has 0 saturated carbocycles. The van der Waals surface area contributed by atoms with Crippen molar-refractivity contribution in [2.45, 2.75) is 245 Å². The molecule has 0 aliphatic carbocycles. The van der Waals surface area contributed by atoms with Crippen LogP contribution >= 0.6 is 0 Å². The molecule has 0 heterocycles. The van der Waals surface area contributed by atoms with Gasteiger partial charge in [0.1, 0.15) is 13.2 Å². The molecule has 0 aromatic carbocycles. The topological polar surface area (TPSA) is 78.9 Å². The third kappa shape index (κ3) is 54.6. The van der Waals surface area contributed by atoms with Crippen molar-refractivity contribution in [2.24, 2.45) is 0 Å². The molecule has 0 spiro atoms. The molecule has 0 aliphatic rings. The fourth-order valence-corrected chi connectivity index (χ4v) is 7.22. The number of esters is 3. The molecule has 0 N–H and O–H groups in total. The number of carbonyl (C=O) groups is 3. The summed E-state index contributed by atoms with van der Waals surface area (Å²) in [5.41, 5.74) is 0. The minimum Gasteiger partial charge on any atom is -0.462 e. The molecule has 6 heteroatoms. The molecule has 0 fully saturated rings. The SMILES string of the molecule is CC/C=C\C/C=C\C/C=C\C/C=C\CCCCC(=O)O[C@@H](COC(=O)CCC/C=C\C/C=C\C/C=C\C/C=C\CCCCC)COC(=O)CCCCCCCCCCC/C=C\C/C=C\CCCCC. The Labute approximate surface area is 424 Å². The van der Waals surface area contributed by atoms with Gasteiger partial charge in [0, 0.05) is 19.3 Å². The van der Waals surface area contributed by atoms with E-state index >= 15 is 0 Å². The van der Waals surface area contributed by atoms with E-state index in [-0.39, 0.29) is 44.0 Å². The van der Waals surface area contributed by atoms with Crippen LogP contribution in [0.2, 0.25) is 0 Å². The van der Waals surface area contributed by atoms with Crippen LogP contribution in [0.15, 0.2) is 122 Å². The zero-order valence-electron chi connectivity index (χ0n) is 44.5. The van der Waals surface area contributed by atoms with Crippen LogP contribution in [0.3, 0.4) is 0 Å². The minimum atomic E-state index is -0.827. The third-order valence-corrected chi connectivity index (χ3v) is 11.4.